The molecule has 1 aliphatic heterocycles. The lowest BCUT2D eigenvalue weighted by molar-refractivity contribution is -0.122. The quantitative estimate of drug-likeness (QED) is 0.769. The highest BCUT2D eigenvalue weighted by Gasteiger charge is 2.31. The van der Waals surface area contributed by atoms with Gasteiger partial charge in [0, 0.05) is 30.3 Å². The van der Waals surface area contributed by atoms with Crippen molar-refractivity contribution in [2.45, 2.75) is 58.0 Å². The molecule has 1 saturated carbocycles. The Morgan fingerprint density at radius 3 is 2.53 bits per heavy atom. The molecule has 2 amide bonds. The number of carbonyl (C=O) groups excluding carboxylic acids is 2. The van der Waals surface area contributed by atoms with Gasteiger partial charge in [0.2, 0.25) is 5.91 Å². The van der Waals surface area contributed by atoms with E-state index in [1.165, 1.54) is 31.2 Å². The molecule has 0 bridgehead atoms. The van der Waals surface area contributed by atoms with Crippen LogP contribution >= 0.6 is 0 Å². The van der Waals surface area contributed by atoms with Crippen LogP contribution in [0.25, 0.3) is 0 Å². The topological polar surface area (TPSA) is 58.6 Å². The van der Waals surface area contributed by atoms with Gasteiger partial charge in [-0.2, -0.15) is 0 Å². The van der Waals surface area contributed by atoms with Crippen LogP contribution in [0, 0.1) is 5.92 Å². The average molecular weight is 407 g/mol. The Morgan fingerprint density at radius 2 is 1.83 bits per heavy atom. The minimum atomic E-state index is -0.00804. The van der Waals surface area contributed by atoms with E-state index in [1.54, 1.807) is 19.2 Å². The summed E-state index contributed by atoms with van der Waals surface area (Å²) in [5, 5.41) is 3.06. The van der Waals surface area contributed by atoms with Gasteiger partial charge in [0.1, 0.15) is 5.75 Å². The van der Waals surface area contributed by atoms with E-state index in [1.807, 2.05) is 17.0 Å². The van der Waals surface area contributed by atoms with Crippen molar-refractivity contribution in [3.05, 3.63) is 59.2 Å². The van der Waals surface area contributed by atoms with Gasteiger partial charge in [0.05, 0.1) is 7.11 Å². The SMILES string of the molecule is COc1ccc(C(=O)N2c3cc(CNC(=O)CC4CCCC4)ccc3CC2C)cc1. The number of methoxy groups -OCH3 is 1. The summed E-state index contributed by atoms with van der Waals surface area (Å²) in [5.74, 6) is 1.40. The van der Waals surface area contributed by atoms with Gasteiger partial charge in [-0.3, -0.25) is 9.59 Å². The summed E-state index contributed by atoms with van der Waals surface area (Å²) in [6.07, 6.45) is 6.31. The Hall–Kier alpha value is -2.82. The summed E-state index contributed by atoms with van der Waals surface area (Å²) in [6.45, 7) is 2.57. The second kappa shape index (κ2) is 8.90. The Kier molecular flexibility index (Phi) is 6.07. The molecular formula is C25H30N2O3. The van der Waals surface area contributed by atoms with Crippen molar-refractivity contribution in [2.75, 3.05) is 12.0 Å². The molecule has 1 atom stereocenters. The van der Waals surface area contributed by atoms with Gasteiger partial charge in [0.25, 0.3) is 5.91 Å². The molecule has 1 N–H and O–H groups in total. The highest BCUT2D eigenvalue weighted by Crippen LogP contribution is 2.34. The zero-order valence-corrected chi connectivity index (χ0v) is 17.8. The fraction of sp³-hybridized carbons (Fsp3) is 0.440. The standard InChI is InChI=1S/C25H30N2O3/c1-17-13-21-8-7-19(16-26-24(28)15-18-5-3-4-6-18)14-23(21)27(17)25(29)20-9-11-22(30-2)12-10-20/h7-12,14,17-18H,3-6,13,15-16H2,1-2H3,(H,26,28). The molecule has 2 aromatic carbocycles. The third-order valence-corrected chi connectivity index (χ3v) is 6.36. The Morgan fingerprint density at radius 1 is 1.10 bits per heavy atom. The minimum absolute atomic E-state index is 0.00804. The number of carbonyl (C=O) groups is 2. The van der Waals surface area contributed by atoms with Gasteiger partial charge in [-0.25, -0.2) is 0 Å². The van der Waals surface area contributed by atoms with Crippen LogP contribution < -0.4 is 15.0 Å². The first-order chi connectivity index (χ1) is 14.5. The molecule has 1 unspecified atom stereocenters. The lowest BCUT2D eigenvalue weighted by atomic mass is 10.0. The first kappa shape index (κ1) is 20.5. The number of anilines is 1. The molecule has 0 spiro atoms. The molecule has 1 fully saturated rings. The molecule has 5 nitrogen and oxygen atoms in total. The second-order valence-electron chi connectivity index (χ2n) is 8.55. The maximum absolute atomic E-state index is 13.2. The number of ether oxygens (including phenoxy) is 1. The minimum Gasteiger partial charge on any atom is -0.497 e. The summed E-state index contributed by atoms with van der Waals surface area (Å²) in [7, 11) is 1.61. The Balaban J connectivity index is 1.45. The predicted octanol–water partition coefficient (Wildman–Crippen LogP) is 4.48. The molecule has 158 valence electrons. The van der Waals surface area contributed by atoms with Crippen LogP contribution in [0.15, 0.2) is 42.5 Å². The lowest BCUT2D eigenvalue weighted by Crippen LogP contribution is -2.35. The van der Waals surface area contributed by atoms with E-state index >= 15 is 0 Å². The summed E-state index contributed by atoms with van der Waals surface area (Å²) in [5.41, 5.74) is 3.79. The monoisotopic (exact) mass is 406 g/mol. The van der Waals surface area contributed by atoms with Crippen molar-refractivity contribution >= 4 is 17.5 Å². The van der Waals surface area contributed by atoms with E-state index in [-0.39, 0.29) is 17.9 Å². The second-order valence-corrected chi connectivity index (χ2v) is 8.55. The van der Waals surface area contributed by atoms with Crippen LogP contribution in [0.1, 0.15) is 60.5 Å². The van der Waals surface area contributed by atoms with Crippen molar-refractivity contribution in [1.82, 2.24) is 5.32 Å². The first-order valence-electron chi connectivity index (χ1n) is 10.9. The van der Waals surface area contributed by atoms with E-state index in [0.717, 1.165) is 23.4 Å². The van der Waals surface area contributed by atoms with Crippen LogP contribution in [-0.2, 0) is 17.8 Å². The molecule has 1 aliphatic carbocycles. The molecule has 0 aromatic heterocycles. The first-order valence-corrected chi connectivity index (χ1v) is 10.9. The molecule has 4 rings (SSSR count). The number of hydrogen-bond acceptors (Lipinski definition) is 3. The molecule has 5 heteroatoms. The van der Waals surface area contributed by atoms with E-state index in [0.29, 0.717) is 24.4 Å². The van der Waals surface area contributed by atoms with Crippen LogP contribution in [-0.4, -0.2) is 25.0 Å². The van der Waals surface area contributed by atoms with E-state index in [4.69, 9.17) is 4.74 Å². The zero-order chi connectivity index (χ0) is 21.1. The van der Waals surface area contributed by atoms with Gasteiger partial charge in [-0.15, -0.1) is 0 Å². The van der Waals surface area contributed by atoms with E-state index in [2.05, 4.69) is 30.4 Å². The maximum atomic E-state index is 13.2. The number of benzene rings is 2. The number of nitrogens with zero attached hydrogens (tertiary/aromatic N) is 1. The largest absolute Gasteiger partial charge is 0.497 e. The molecular weight excluding hydrogens is 376 g/mol. The highest BCUT2D eigenvalue weighted by molar-refractivity contribution is 6.07. The maximum Gasteiger partial charge on any atom is 0.258 e. The molecule has 1 heterocycles. The predicted molar refractivity (Wildman–Crippen MR) is 118 cm³/mol. The fourth-order valence-corrected chi connectivity index (χ4v) is 4.69. The van der Waals surface area contributed by atoms with Gasteiger partial charge < -0.3 is 15.0 Å². The Labute approximate surface area is 178 Å². The average Bonchev–Trinajstić information content (AvgIpc) is 3.38. The van der Waals surface area contributed by atoms with Crippen LogP contribution in [0.3, 0.4) is 0 Å². The molecule has 0 radical (unpaired) electrons. The molecule has 2 aliphatic rings. The van der Waals surface area contributed by atoms with Crippen molar-refractivity contribution in [3.63, 3.8) is 0 Å². The lowest BCUT2D eigenvalue weighted by Gasteiger charge is -2.23. The van der Waals surface area contributed by atoms with Crippen LogP contribution in [0.2, 0.25) is 0 Å². The smallest absolute Gasteiger partial charge is 0.258 e. The molecule has 30 heavy (non-hydrogen) atoms. The number of rotatable bonds is 6. The van der Waals surface area contributed by atoms with Gasteiger partial charge in [-0.1, -0.05) is 25.0 Å². The van der Waals surface area contributed by atoms with Crippen LogP contribution in [0.5, 0.6) is 5.75 Å². The molecule has 2 aromatic rings. The summed E-state index contributed by atoms with van der Waals surface area (Å²) in [6, 6.07) is 13.5. The summed E-state index contributed by atoms with van der Waals surface area (Å²) < 4.78 is 5.20. The van der Waals surface area contributed by atoms with Crippen molar-refractivity contribution in [2.24, 2.45) is 5.92 Å². The van der Waals surface area contributed by atoms with Gasteiger partial charge in [0.15, 0.2) is 0 Å². The summed E-state index contributed by atoms with van der Waals surface area (Å²) in [4.78, 5) is 27.4. The third-order valence-electron chi connectivity index (χ3n) is 6.36. The highest BCUT2D eigenvalue weighted by atomic mass is 16.5. The van der Waals surface area contributed by atoms with Crippen LogP contribution in [0.4, 0.5) is 5.69 Å². The van der Waals surface area contributed by atoms with Crippen molar-refractivity contribution in [3.8, 4) is 5.75 Å². The van der Waals surface area contributed by atoms with Crippen molar-refractivity contribution in [1.29, 1.82) is 0 Å². The number of nitrogens with one attached hydrogen (secondary N) is 1. The molecule has 0 saturated heterocycles. The third kappa shape index (κ3) is 4.35. The Bertz CT molecular complexity index is 916. The van der Waals surface area contributed by atoms with E-state index in [9.17, 15) is 9.59 Å². The van der Waals surface area contributed by atoms with Gasteiger partial charge >= 0.3 is 0 Å². The van der Waals surface area contributed by atoms with Gasteiger partial charge in [-0.05, 0) is 73.6 Å². The number of fused-ring (bicyclic) bond motifs is 1. The number of hydrogen-bond donors (Lipinski definition) is 1. The van der Waals surface area contributed by atoms with E-state index < -0.39 is 0 Å². The summed E-state index contributed by atoms with van der Waals surface area (Å²) >= 11 is 0. The van der Waals surface area contributed by atoms with Crippen molar-refractivity contribution < 1.29 is 14.3 Å². The fourth-order valence-electron chi connectivity index (χ4n) is 4.69. The number of amides is 2. The zero-order valence-electron chi connectivity index (χ0n) is 17.8. The normalized spacial score (nSPS) is 18.3.